The van der Waals surface area contributed by atoms with Gasteiger partial charge in [-0.05, 0) is 25.8 Å². The molecule has 0 aliphatic rings. The van der Waals surface area contributed by atoms with Gasteiger partial charge in [0.1, 0.15) is 0 Å². The first-order valence-corrected chi connectivity index (χ1v) is 12.1. The number of hydrogen-bond donors (Lipinski definition) is 1. The van der Waals surface area contributed by atoms with Crippen molar-refractivity contribution in [1.29, 1.82) is 0 Å². The molecule has 0 unspecified atom stereocenters. The fourth-order valence-corrected chi connectivity index (χ4v) is 4.68. The quantitative estimate of drug-likeness (QED) is 0.373. The van der Waals surface area contributed by atoms with Gasteiger partial charge < -0.3 is 9.88 Å². The second-order valence-corrected chi connectivity index (χ2v) is 9.51. The zero-order chi connectivity index (χ0) is 24.4. The Bertz CT molecular complexity index is 1550. The smallest absolute Gasteiger partial charge is 0.279 e. The number of carbonyl (C=O) groups excluding carboxylic acids is 1. The lowest BCUT2D eigenvalue weighted by Crippen LogP contribution is -2.27. The third kappa shape index (κ3) is 4.76. The Balaban J connectivity index is 1.53. The van der Waals surface area contributed by atoms with Gasteiger partial charge >= 0.3 is 0 Å². The van der Waals surface area contributed by atoms with Gasteiger partial charge in [0.2, 0.25) is 11.7 Å². The first kappa shape index (κ1) is 22.7. The molecular weight excluding hydrogens is 460 g/mol. The largest absolute Gasteiger partial charge is 0.310 e. The van der Waals surface area contributed by atoms with Gasteiger partial charge in [0.25, 0.3) is 5.56 Å². The Morgan fingerprint density at radius 2 is 1.74 bits per heavy atom. The molecule has 1 N–H and O–H groups in total. The van der Waals surface area contributed by atoms with Crippen LogP contribution in [0.25, 0.3) is 17.2 Å². The van der Waals surface area contributed by atoms with Crippen molar-refractivity contribution in [1.82, 2.24) is 24.1 Å². The van der Waals surface area contributed by atoms with Crippen LogP contribution in [0.15, 0.2) is 71.7 Å². The minimum absolute atomic E-state index is 0.159. The fourth-order valence-electron chi connectivity index (χ4n) is 4.00. The van der Waals surface area contributed by atoms with E-state index in [4.69, 9.17) is 4.98 Å². The number of anilines is 1. The van der Waals surface area contributed by atoms with E-state index in [1.54, 1.807) is 6.20 Å². The molecule has 5 rings (SSSR count). The van der Waals surface area contributed by atoms with E-state index in [2.05, 4.69) is 15.4 Å². The third-order valence-electron chi connectivity index (χ3n) is 5.81. The highest BCUT2D eigenvalue weighted by atomic mass is 32.1. The summed E-state index contributed by atoms with van der Waals surface area (Å²) in [6.45, 7) is 4.36. The summed E-state index contributed by atoms with van der Waals surface area (Å²) >= 11 is 1.42. The van der Waals surface area contributed by atoms with E-state index in [-0.39, 0.29) is 24.3 Å². The van der Waals surface area contributed by atoms with Crippen molar-refractivity contribution in [2.24, 2.45) is 0 Å². The van der Waals surface area contributed by atoms with Crippen molar-refractivity contribution in [3.8, 4) is 11.4 Å². The second kappa shape index (κ2) is 9.63. The van der Waals surface area contributed by atoms with Gasteiger partial charge in [0.05, 0.1) is 6.54 Å². The van der Waals surface area contributed by atoms with E-state index >= 15 is 0 Å². The number of aryl methyl sites for hydroxylation is 1. The summed E-state index contributed by atoms with van der Waals surface area (Å²) in [4.78, 5) is 36.0. The minimum atomic E-state index is -0.255. The molecule has 3 heterocycles. The van der Waals surface area contributed by atoms with Gasteiger partial charge in [-0.25, -0.2) is 4.98 Å². The molecule has 0 aliphatic heterocycles. The molecule has 8 nitrogen and oxygen atoms in total. The average molecular weight is 485 g/mol. The lowest BCUT2D eigenvalue weighted by atomic mass is 10.1. The molecule has 0 radical (unpaired) electrons. The summed E-state index contributed by atoms with van der Waals surface area (Å²) in [5.74, 6) is 0.774. The lowest BCUT2D eigenvalue weighted by molar-refractivity contribution is -0.116. The Morgan fingerprint density at radius 1 is 1.03 bits per heavy atom. The van der Waals surface area contributed by atoms with E-state index in [0.717, 1.165) is 21.7 Å². The van der Waals surface area contributed by atoms with Crippen LogP contribution in [0.5, 0.6) is 0 Å². The zero-order valence-electron chi connectivity index (χ0n) is 19.4. The van der Waals surface area contributed by atoms with Gasteiger partial charge in [0, 0.05) is 34.3 Å². The number of thiazole rings is 1. The molecule has 176 valence electrons. The number of hydrogen-bond acceptors (Lipinski definition) is 6. The number of nitrogens with one attached hydrogen (secondary N) is 1. The summed E-state index contributed by atoms with van der Waals surface area (Å²) in [5.41, 5.74) is 2.97. The van der Waals surface area contributed by atoms with Crippen molar-refractivity contribution in [3.63, 3.8) is 0 Å². The van der Waals surface area contributed by atoms with Crippen molar-refractivity contribution in [3.05, 3.63) is 98.9 Å². The fraction of sp³-hybridized carbons (Fsp3) is 0.192. The maximum atomic E-state index is 13.5. The molecule has 5 aromatic rings. The van der Waals surface area contributed by atoms with Crippen molar-refractivity contribution in [2.75, 3.05) is 5.32 Å². The van der Waals surface area contributed by atoms with Crippen LogP contribution in [0.4, 0.5) is 5.13 Å². The Hall–Kier alpha value is -4.11. The van der Waals surface area contributed by atoms with Crippen LogP contribution in [0, 0.1) is 13.8 Å². The van der Waals surface area contributed by atoms with E-state index in [1.807, 2.05) is 79.1 Å². The monoisotopic (exact) mass is 484 g/mol. The Morgan fingerprint density at radius 3 is 2.43 bits per heavy atom. The summed E-state index contributed by atoms with van der Waals surface area (Å²) in [7, 11) is 0. The van der Waals surface area contributed by atoms with E-state index in [9.17, 15) is 9.59 Å². The number of aromatic nitrogens is 5. The van der Waals surface area contributed by atoms with Crippen LogP contribution in [0.1, 0.15) is 28.1 Å². The normalized spacial score (nSPS) is 11.1. The van der Waals surface area contributed by atoms with Crippen molar-refractivity contribution >= 4 is 28.2 Å². The van der Waals surface area contributed by atoms with Crippen LogP contribution >= 0.6 is 11.3 Å². The predicted octanol–water partition coefficient (Wildman–Crippen LogP) is 4.25. The number of amides is 1. The maximum Gasteiger partial charge on any atom is 0.279 e. The summed E-state index contributed by atoms with van der Waals surface area (Å²) in [6.07, 6.45) is 2.16. The molecule has 3 aromatic heterocycles. The van der Waals surface area contributed by atoms with Crippen LogP contribution in [-0.2, 0) is 17.8 Å². The Labute approximate surface area is 205 Å². The number of nitrogens with zero attached hydrogens (tertiary/aromatic N) is 5. The number of benzene rings is 2. The molecule has 0 fully saturated rings. The number of carbonyl (C=O) groups is 1. The first-order chi connectivity index (χ1) is 17.0. The molecule has 0 saturated carbocycles. The van der Waals surface area contributed by atoms with Crippen molar-refractivity contribution < 1.29 is 4.79 Å². The highest BCUT2D eigenvalue weighted by molar-refractivity contribution is 7.15. The molecule has 0 aliphatic carbocycles. The van der Waals surface area contributed by atoms with Crippen LogP contribution < -0.4 is 10.9 Å². The van der Waals surface area contributed by atoms with Gasteiger partial charge in [-0.1, -0.05) is 60.7 Å². The molecule has 0 saturated heterocycles. The highest BCUT2D eigenvalue weighted by Crippen LogP contribution is 2.20. The summed E-state index contributed by atoms with van der Waals surface area (Å²) in [6, 6.07) is 19.6. The first-order valence-electron chi connectivity index (χ1n) is 11.3. The maximum absolute atomic E-state index is 13.5. The van der Waals surface area contributed by atoms with Gasteiger partial charge in [-0.15, -0.1) is 16.4 Å². The highest BCUT2D eigenvalue weighted by Gasteiger charge is 2.20. The van der Waals surface area contributed by atoms with Crippen molar-refractivity contribution in [2.45, 2.75) is 33.2 Å². The molecule has 0 atom stereocenters. The van der Waals surface area contributed by atoms with E-state index in [1.165, 1.54) is 15.9 Å². The number of rotatable bonds is 7. The Kier molecular flexibility index (Phi) is 6.24. The molecule has 35 heavy (non-hydrogen) atoms. The number of fused-ring (bicyclic) bond motifs is 1. The van der Waals surface area contributed by atoms with Gasteiger partial charge in [-0.2, -0.15) is 9.50 Å². The minimum Gasteiger partial charge on any atom is -0.310 e. The molecule has 0 bridgehead atoms. The SMILES string of the molecule is Cc1cnc(NC(=O)CCc2c(C)n(Cc3ccccc3)c3nc(-c4ccccc4)nn3c2=O)s1. The summed E-state index contributed by atoms with van der Waals surface area (Å²) < 4.78 is 3.35. The average Bonchev–Trinajstić information content (AvgIpc) is 3.49. The zero-order valence-corrected chi connectivity index (χ0v) is 20.2. The second-order valence-electron chi connectivity index (χ2n) is 8.28. The standard InChI is InChI=1S/C26H24N6O2S/c1-17-15-27-25(35-17)28-22(33)14-13-21-18(2)31(16-19-9-5-3-6-10-19)26-29-23(30-32(26)24(21)34)20-11-7-4-8-12-20/h3-12,15H,13-14,16H2,1-2H3,(H,27,28,33). The van der Waals surface area contributed by atoms with Gasteiger partial charge in [0.15, 0.2) is 11.0 Å². The third-order valence-corrected chi connectivity index (χ3v) is 6.64. The van der Waals surface area contributed by atoms with Crippen LogP contribution in [0.2, 0.25) is 0 Å². The van der Waals surface area contributed by atoms with E-state index in [0.29, 0.717) is 28.8 Å². The van der Waals surface area contributed by atoms with Gasteiger partial charge in [-0.3, -0.25) is 9.59 Å². The molecule has 2 aromatic carbocycles. The summed E-state index contributed by atoms with van der Waals surface area (Å²) in [5, 5.41) is 7.92. The topological polar surface area (TPSA) is 94.2 Å². The predicted molar refractivity (Wildman–Crippen MR) is 137 cm³/mol. The lowest BCUT2D eigenvalue weighted by Gasteiger charge is -2.15. The molecular formula is C26H24N6O2S. The molecule has 9 heteroatoms. The van der Waals surface area contributed by atoms with Crippen LogP contribution in [-0.4, -0.2) is 30.1 Å². The van der Waals surface area contributed by atoms with Crippen LogP contribution in [0.3, 0.4) is 0 Å². The van der Waals surface area contributed by atoms with E-state index < -0.39 is 0 Å². The molecule has 0 spiro atoms. The molecule has 1 amide bonds.